The van der Waals surface area contributed by atoms with E-state index in [-0.39, 0.29) is 13.1 Å². The molecule has 5 nitrogen and oxygen atoms in total. The maximum Gasteiger partial charge on any atom is 0.278 e. The molecule has 0 fully saturated rings. The third-order valence-corrected chi connectivity index (χ3v) is 4.86. The van der Waals surface area contributed by atoms with Gasteiger partial charge in [-0.2, -0.15) is 0 Å². The van der Waals surface area contributed by atoms with Crippen molar-refractivity contribution >= 4 is 29.1 Å². The first-order chi connectivity index (χ1) is 12.8. The molecule has 0 aromatic heterocycles. The second kappa shape index (κ2) is 7.45. The highest BCUT2D eigenvalue weighted by molar-refractivity contribution is 6.31. The number of ether oxygens (including phenoxy) is 1. The molecule has 2 amide bonds. The van der Waals surface area contributed by atoms with E-state index < -0.39 is 17.4 Å². The number of hydrogen-bond acceptors (Lipinski definition) is 3. The van der Waals surface area contributed by atoms with E-state index in [1.807, 2.05) is 37.3 Å². The summed E-state index contributed by atoms with van der Waals surface area (Å²) in [6.45, 7) is 7.62. The van der Waals surface area contributed by atoms with Crippen LogP contribution in [-0.4, -0.2) is 28.9 Å². The number of aryl methyl sites for hydroxylation is 1. The van der Waals surface area contributed by atoms with Gasteiger partial charge in [-0.1, -0.05) is 41.9 Å². The van der Waals surface area contributed by atoms with E-state index in [2.05, 4.69) is 11.9 Å². The molecule has 6 heteroatoms. The zero-order valence-electron chi connectivity index (χ0n) is 15.3. The summed E-state index contributed by atoms with van der Waals surface area (Å²) in [7, 11) is 0. The molecule has 140 valence electrons. The Bertz CT molecular complexity index is 912. The van der Waals surface area contributed by atoms with Gasteiger partial charge in [0, 0.05) is 18.1 Å². The van der Waals surface area contributed by atoms with Gasteiger partial charge in [-0.25, -0.2) is 0 Å². The summed E-state index contributed by atoms with van der Waals surface area (Å²) in [6.07, 6.45) is 1.61. The standard InChI is InChI=1S/C21H21ClN2O3/c1-4-11-24(13-15-7-5-6-8-16(15)22)20(26)21(3)19(25)23-17-12-14(2)9-10-18(17)27-21/h4-10,12H,1,11,13H2,2-3H3,(H,23,25). The van der Waals surface area contributed by atoms with Gasteiger partial charge >= 0.3 is 0 Å². The Morgan fingerprint density at radius 1 is 1.33 bits per heavy atom. The Balaban J connectivity index is 1.91. The summed E-state index contributed by atoms with van der Waals surface area (Å²) >= 11 is 6.23. The van der Waals surface area contributed by atoms with E-state index in [9.17, 15) is 9.59 Å². The van der Waals surface area contributed by atoms with Gasteiger partial charge in [0.25, 0.3) is 17.4 Å². The van der Waals surface area contributed by atoms with Crippen LogP contribution >= 0.6 is 11.6 Å². The average molecular weight is 385 g/mol. The summed E-state index contributed by atoms with van der Waals surface area (Å²) in [4.78, 5) is 27.5. The minimum atomic E-state index is -1.67. The Kier molecular flexibility index (Phi) is 5.24. The maximum absolute atomic E-state index is 13.3. The summed E-state index contributed by atoms with van der Waals surface area (Å²) in [6, 6.07) is 12.7. The minimum Gasteiger partial charge on any atom is -0.466 e. The molecule has 0 spiro atoms. The topological polar surface area (TPSA) is 58.6 Å². The molecular weight excluding hydrogens is 364 g/mol. The number of halogens is 1. The Hall–Kier alpha value is -2.79. The molecule has 2 aromatic carbocycles. The first kappa shape index (κ1) is 19.0. The number of anilines is 1. The van der Waals surface area contributed by atoms with Crippen molar-refractivity contribution in [3.05, 3.63) is 71.3 Å². The number of hydrogen-bond donors (Lipinski definition) is 1. The molecule has 0 saturated heterocycles. The number of benzene rings is 2. The number of nitrogens with one attached hydrogen (secondary N) is 1. The van der Waals surface area contributed by atoms with Crippen LogP contribution in [0.2, 0.25) is 5.02 Å². The second-order valence-electron chi connectivity index (χ2n) is 6.65. The van der Waals surface area contributed by atoms with Crippen molar-refractivity contribution in [1.29, 1.82) is 0 Å². The smallest absolute Gasteiger partial charge is 0.278 e. The largest absolute Gasteiger partial charge is 0.466 e. The van der Waals surface area contributed by atoms with E-state index >= 15 is 0 Å². The molecule has 1 heterocycles. The van der Waals surface area contributed by atoms with E-state index in [1.54, 1.807) is 18.2 Å². The maximum atomic E-state index is 13.3. The van der Waals surface area contributed by atoms with Crippen molar-refractivity contribution in [3.63, 3.8) is 0 Å². The van der Waals surface area contributed by atoms with Crippen molar-refractivity contribution in [2.45, 2.75) is 26.0 Å². The molecule has 0 bridgehead atoms. The lowest BCUT2D eigenvalue weighted by atomic mass is 9.99. The first-order valence-corrected chi connectivity index (χ1v) is 8.97. The fraction of sp³-hybridized carbons (Fsp3) is 0.238. The zero-order chi connectivity index (χ0) is 19.6. The van der Waals surface area contributed by atoms with Gasteiger partial charge < -0.3 is 15.0 Å². The Morgan fingerprint density at radius 2 is 2.07 bits per heavy atom. The molecule has 1 atom stereocenters. The van der Waals surface area contributed by atoms with Crippen LogP contribution in [0.3, 0.4) is 0 Å². The van der Waals surface area contributed by atoms with Gasteiger partial charge in [-0.15, -0.1) is 6.58 Å². The summed E-state index contributed by atoms with van der Waals surface area (Å²) in [5.74, 6) is -0.489. The lowest BCUT2D eigenvalue weighted by Crippen LogP contribution is -2.59. The van der Waals surface area contributed by atoms with Crippen molar-refractivity contribution in [1.82, 2.24) is 4.90 Å². The van der Waals surface area contributed by atoms with Crippen LogP contribution in [0.1, 0.15) is 18.1 Å². The van der Waals surface area contributed by atoms with Crippen molar-refractivity contribution < 1.29 is 14.3 Å². The van der Waals surface area contributed by atoms with Crippen molar-refractivity contribution in [2.75, 3.05) is 11.9 Å². The van der Waals surface area contributed by atoms with Crippen LogP contribution in [0.25, 0.3) is 0 Å². The highest BCUT2D eigenvalue weighted by atomic mass is 35.5. The van der Waals surface area contributed by atoms with Gasteiger partial charge in [0.1, 0.15) is 5.75 Å². The average Bonchev–Trinajstić information content (AvgIpc) is 2.64. The van der Waals surface area contributed by atoms with E-state index in [0.29, 0.717) is 16.5 Å². The zero-order valence-corrected chi connectivity index (χ0v) is 16.0. The van der Waals surface area contributed by atoms with Crippen LogP contribution < -0.4 is 10.1 Å². The van der Waals surface area contributed by atoms with E-state index in [4.69, 9.17) is 16.3 Å². The molecule has 3 rings (SSSR count). The second-order valence-corrected chi connectivity index (χ2v) is 7.06. The normalized spacial score (nSPS) is 18.1. The summed E-state index contributed by atoms with van der Waals surface area (Å²) in [5.41, 5.74) is 0.656. The lowest BCUT2D eigenvalue weighted by Gasteiger charge is -2.37. The van der Waals surface area contributed by atoms with Crippen LogP contribution in [-0.2, 0) is 16.1 Å². The molecule has 1 unspecified atom stereocenters. The van der Waals surface area contributed by atoms with Crippen LogP contribution in [0.5, 0.6) is 5.75 Å². The minimum absolute atomic E-state index is 0.248. The highest BCUT2D eigenvalue weighted by Gasteiger charge is 2.49. The lowest BCUT2D eigenvalue weighted by molar-refractivity contribution is -0.154. The molecule has 1 aliphatic rings. The van der Waals surface area contributed by atoms with E-state index in [1.165, 1.54) is 11.8 Å². The van der Waals surface area contributed by atoms with Crippen LogP contribution in [0.4, 0.5) is 5.69 Å². The monoisotopic (exact) mass is 384 g/mol. The predicted molar refractivity (Wildman–Crippen MR) is 106 cm³/mol. The van der Waals surface area contributed by atoms with Gasteiger partial charge in [0.2, 0.25) is 0 Å². The number of fused-ring (bicyclic) bond motifs is 1. The molecule has 1 aliphatic heterocycles. The number of carbonyl (C=O) groups is 2. The van der Waals surface area contributed by atoms with Crippen LogP contribution in [0, 0.1) is 6.92 Å². The third kappa shape index (κ3) is 3.69. The highest BCUT2D eigenvalue weighted by Crippen LogP contribution is 2.35. The van der Waals surface area contributed by atoms with E-state index in [0.717, 1.165) is 11.1 Å². The number of rotatable bonds is 5. The number of carbonyl (C=O) groups excluding carboxylic acids is 2. The van der Waals surface area contributed by atoms with Crippen molar-refractivity contribution in [2.24, 2.45) is 0 Å². The molecule has 2 aromatic rings. The van der Waals surface area contributed by atoms with Gasteiger partial charge in [0.15, 0.2) is 0 Å². The van der Waals surface area contributed by atoms with Gasteiger partial charge in [-0.3, -0.25) is 9.59 Å². The number of nitrogens with zero attached hydrogens (tertiary/aromatic N) is 1. The quantitative estimate of drug-likeness (QED) is 0.627. The third-order valence-electron chi connectivity index (χ3n) is 4.49. The fourth-order valence-electron chi connectivity index (χ4n) is 2.99. The summed E-state index contributed by atoms with van der Waals surface area (Å²) in [5, 5.41) is 3.34. The SMILES string of the molecule is C=CCN(Cc1ccccc1Cl)C(=O)C1(C)Oc2ccc(C)cc2NC1=O. The fourth-order valence-corrected chi connectivity index (χ4v) is 3.18. The van der Waals surface area contributed by atoms with Crippen molar-refractivity contribution in [3.8, 4) is 5.75 Å². The molecule has 1 N–H and O–H groups in total. The number of amides is 2. The molecule has 0 radical (unpaired) electrons. The molecule has 27 heavy (non-hydrogen) atoms. The predicted octanol–water partition coefficient (Wildman–Crippen LogP) is 3.95. The Morgan fingerprint density at radius 3 is 2.78 bits per heavy atom. The molecule has 0 aliphatic carbocycles. The molecule has 0 saturated carbocycles. The Labute approximate surface area is 163 Å². The first-order valence-electron chi connectivity index (χ1n) is 8.60. The summed E-state index contributed by atoms with van der Waals surface area (Å²) < 4.78 is 5.87. The van der Waals surface area contributed by atoms with Gasteiger partial charge in [0.05, 0.1) is 5.69 Å². The van der Waals surface area contributed by atoms with Crippen LogP contribution in [0.15, 0.2) is 55.1 Å². The van der Waals surface area contributed by atoms with Gasteiger partial charge in [-0.05, 0) is 43.2 Å². The molecular formula is C21H21ClN2O3.